The van der Waals surface area contributed by atoms with Gasteiger partial charge in [-0.25, -0.2) is 0 Å². The van der Waals surface area contributed by atoms with E-state index in [-0.39, 0.29) is 42.0 Å². The summed E-state index contributed by atoms with van der Waals surface area (Å²) in [4.78, 5) is 50.4. The average molecular weight is 364 g/mol. The molecule has 0 aromatic heterocycles. The number of carbonyl (C=O) groups excluding carboxylic acids is 4. The van der Waals surface area contributed by atoms with Crippen LogP contribution in [-0.4, -0.2) is 49.6 Å². The molecule has 7 heteroatoms. The van der Waals surface area contributed by atoms with E-state index in [1.165, 1.54) is 0 Å². The summed E-state index contributed by atoms with van der Waals surface area (Å²) < 4.78 is 0. The maximum atomic E-state index is 12.9. The molecule has 1 aliphatic carbocycles. The van der Waals surface area contributed by atoms with Crippen molar-refractivity contribution in [3.05, 3.63) is 64.7 Å². The summed E-state index contributed by atoms with van der Waals surface area (Å²) in [6.45, 7) is 1.56. The molecule has 0 radical (unpaired) electrons. The fourth-order valence-corrected chi connectivity index (χ4v) is 3.58. The first-order valence-corrected chi connectivity index (χ1v) is 8.76. The number of quaternary nitrogens is 1. The van der Waals surface area contributed by atoms with E-state index in [2.05, 4.69) is 10.6 Å². The van der Waals surface area contributed by atoms with Crippen LogP contribution in [0.5, 0.6) is 0 Å². The summed E-state index contributed by atoms with van der Waals surface area (Å²) in [6.07, 6.45) is 0. The lowest BCUT2D eigenvalue weighted by atomic mass is 9.83. The van der Waals surface area contributed by atoms with E-state index in [4.69, 9.17) is 0 Å². The minimum atomic E-state index is -0.299. The van der Waals surface area contributed by atoms with Crippen LogP contribution in [0.3, 0.4) is 0 Å². The van der Waals surface area contributed by atoms with E-state index < -0.39 is 0 Å². The van der Waals surface area contributed by atoms with Gasteiger partial charge < -0.3 is 15.5 Å². The highest BCUT2D eigenvalue weighted by molar-refractivity contribution is 6.30. The van der Waals surface area contributed by atoms with Gasteiger partial charge in [-0.15, -0.1) is 0 Å². The largest absolute Gasteiger partial charge is 0.346 e. The van der Waals surface area contributed by atoms with Crippen molar-refractivity contribution in [3.63, 3.8) is 0 Å². The van der Waals surface area contributed by atoms with Crippen LogP contribution in [0.4, 0.5) is 5.69 Å². The highest BCUT2D eigenvalue weighted by Gasteiger charge is 2.32. The van der Waals surface area contributed by atoms with E-state index in [1.807, 2.05) is 0 Å². The lowest BCUT2D eigenvalue weighted by molar-refractivity contribution is -0.885. The fraction of sp³-hybridized carbons (Fsp3) is 0.200. The second-order valence-corrected chi connectivity index (χ2v) is 6.68. The molecule has 27 heavy (non-hydrogen) atoms. The van der Waals surface area contributed by atoms with Crippen molar-refractivity contribution in [2.24, 2.45) is 0 Å². The Morgan fingerprint density at radius 2 is 1.67 bits per heavy atom. The van der Waals surface area contributed by atoms with E-state index in [0.29, 0.717) is 35.5 Å². The van der Waals surface area contributed by atoms with Crippen LogP contribution in [0.2, 0.25) is 0 Å². The number of hydrogen-bond acceptors (Lipinski definition) is 4. The van der Waals surface area contributed by atoms with Crippen molar-refractivity contribution in [2.45, 2.75) is 0 Å². The topological polar surface area (TPSA) is 96.8 Å². The molecule has 2 amide bonds. The van der Waals surface area contributed by atoms with Crippen LogP contribution in [0.15, 0.2) is 42.5 Å². The monoisotopic (exact) mass is 364 g/mol. The number of nitrogens with one attached hydrogen (secondary N) is 3. The first-order chi connectivity index (χ1) is 13.0. The molecule has 1 unspecified atom stereocenters. The van der Waals surface area contributed by atoms with Gasteiger partial charge >= 0.3 is 0 Å². The molecule has 0 saturated carbocycles. The molecule has 4 rings (SSSR count). The molecule has 136 valence electrons. The lowest BCUT2D eigenvalue weighted by Crippen LogP contribution is -3.16. The van der Waals surface area contributed by atoms with Gasteiger partial charge in [0.25, 0.3) is 11.8 Å². The minimum Gasteiger partial charge on any atom is -0.346 e. The number of ketones is 2. The van der Waals surface area contributed by atoms with Crippen LogP contribution in [0.1, 0.15) is 31.8 Å². The van der Waals surface area contributed by atoms with Gasteiger partial charge in [0.1, 0.15) is 0 Å². The summed E-state index contributed by atoms with van der Waals surface area (Å²) in [5, 5.41) is 5.47. The smallest absolute Gasteiger partial charge is 0.279 e. The van der Waals surface area contributed by atoms with Crippen molar-refractivity contribution >= 4 is 29.1 Å². The van der Waals surface area contributed by atoms with Gasteiger partial charge in [0.2, 0.25) is 0 Å². The molecular formula is C20H18N3O4+. The fourth-order valence-electron chi connectivity index (χ4n) is 3.58. The Balaban J connectivity index is 1.60. The van der Waals surface area contributed by atoms with Gasteiger partial charge in [0.05, 0.1) is 24.3 Å². The summed E-state index contributed by atoms with van der Waals surface area (Å²) >= 11 is 0. The normalized spacial score (nSPS) is 18.4. The molecule has 1 fully saturated rings. The molecule has 2 aliphatic rings. The number of hydrogen-bond donors (Lipinski definition) is 3. The SMILES string of the molecule is O=C1C[NH+](CC(=O)Nc2cccc3c2C(=O)c2ccccc2C3=O)CCN1. The van der Waals surface area contributed by atoms with Crippen molar-refractivity contribution in [2.75, 3.05) is 31.5 Å². The van der Waals surface area contributed by atoms with Crippen molar-refractivity contribution in [3.8, 4) is 0 Å². The first kappa shape index (κ1) is 17.1. The number of fused-ring (bicyclic) bond motifs is 2. The number of rotatable bonds is 3. The zero-order chi connectivity index (χ0) is 19.0. The molecule has 2 aromatic rings. The van der Waals surface area contributed by atoms with Gasteiger partial charge in [0, 0.05) is 16.7 Å². The van der Waals surface area contributed by atoms with Crippen molar-refractivity contribution in [1.82, 2.24) is 5.32 Å². The van der Waals surface area contributed by atoms with E-state index in [9.17, 15) is 19.2 Å². The maximum absolute atomic E-state index is 12.9. The van der Waals surface area contributed by atoms with Gasteiger partial charge in [-0.2, -0.15) is 0 Å². The third-order valence-electron chi connectivity index (χ3n) is 4.85. The van der Waals surface area contributed by atoms with Gasteiger partial charge in [0.15, 0.2) is 24.7 Å². The standard InChI is InChI=1S/C20H17N3O4/c24-16-10-23(9-8-21-16)11-17(25)22-15-7-3-6-14-18(15)20(27)13-5-2-1-4-12(13)19(14)26/h1-7H,8-11H2,(H,21,24)(H,22,25)/p+1. The van der Waals surface area contributed by atoms with Gasteiger partial charge in [-0.05, 0) is 6.07 Å². The molecule has 1 aliphatic heterocycles. The van der Waals surface area contributed by atoms with Crippen LogP contribution >= 0.6 is 0 Å². The molecule has 3 N–H and O–H groups in total. The predicted octanol–water partition coefficient (Wildman–Crippen LogP) is -0.585. The highest BCUT2D eigenvalue weighted by atomic mass is 16.2. The molecule has 0 bridgehead atoms. The summed E-state index contributed by atoms with van der Waals surface area (Å²) in [6, 6.07) is 11.5. The Hall–Kier alpha value is -3.32. The molecule has 1 heterocycles. The van der Waals surface area contributed by atoms with Crippen LogP contribution in [-0.2, 0) is 9.59 Å². The zero-order valence-corrected chi connectivity index (χ0v) is 14.5. The Kier molecular flexibility index (Phi) is 4.29. The zero-order valence-electron chi connectivity index (χ0n) is 14.5. The quantitative estimate of drug-likeness (QED) is 0.579. The van der Waals surface area contributed by atoms with Crippen LogP contribution < -0.4 is 15.5 Å². The number of anilines is 1. The number of piperazine rings is 1. The van der Waals surface area contributed by atoms with Crippen LogP contribution in [0, 0.1) is 0 Å². The van der Waals surface area contributed by atoms with E-state index in [1.54, 1.807) is 42.5 Å². The number of amides is 2. The maximum Gasteiger partial charge on any atom is 0.279 e. The first-order valence-electron chi connectivity index (χ1n) is 8.76. The van der Waals surface area contributed by atoms with Gasteiger partial charge in [-0.1, -0.05) is 36.4 Å². The van der Waals surface area contributed by atoms with E-state index in [0.717, 1.165) is 4.90 Å². The van der Waals surface area contributed by atoms with Crippen molar-refractivity contribution in [1.29, 1.82) is 0 Å². The molecule has 0 spiro atoms. The molecule has 7 nitrogen and oxygen atoms in total. The Bertz CT molecular complexity index is 983. The lowest BCUT2D eigenvalue weighted by Gasteiger charge is -2.24. The Morgan fingerprint density at radius 1 is 0.963 bits per heavy atom. The molecule has 2 aromatic carbocycles. The number of benzene rings is 2. The molecule has 1 saturated heterocycles. The molecular weight excluding hydrogens is 346 g/mol. The molecule has 1 atom stereocenters. The average Bonchev–Trinajstić information content (AvgIpc) is 2.66. The second kappa shape index (κ2) is 6.77. The van der Waals surface area contributed by atoms with Crippen LogP contribution in [0.25, 0.3) is 0 Å². The highest BCUT2D eigenvalue weighted by Crippen LogP contribution is 2.31. The van der Waals surface area contributed by atoms with E-state index >= 15 is 0 Å². The summed E-state index contributed by atoms with van der Waals surface area (Å²) in [5.41, 5.74) is 1.56. The summed E-state index contributed by atoms with van der Waals surface area (Å²) in [5.74, 6) is -0.888. The number of carbonyl (C=O) groups is 4. The third-order valence-corrected chi connectivity index (χ3v) is 4.85. The van der Waals surface area contributed by atoms with Crippen molar-refractivity contribution < 1.29 is 24.1 Å². The predicted molar refractivity (Wildman–Crippen MR) is 97.0 cm³/mol. The Morgan fingerprint density at radius 3 is 2.41 bits per heavy atom. The van der Waals surface area contributed by atoms with Gasteiger partial charge in [-0.3, -0.25) is 19.2 Å². The second-order valence-electron chi connectivity index (χ2n) is 6.68. The third kappa shape index (κ3) is 3.13. The summed E-state index contributed by atoms with van der Waals surface area (Å²) in [7, 11) is 0. The Labute approximate surface area is 155 Å². The minimum absolute atomic E-state index is 0.0847.